The van der Waals surface area contributed by atoms with Crippen molar-refractivity contribution in [3.05, 3.63) is 59.2 Å². The number of para-hydroxylation sites is 1. The van der Waals surface area contributed by atoms with Gasteiger partial charge in [0.2, 0.25) is 0 Å². The highest BCUT2D eigenvalue weighted by molar-refractivity contribution is 5.53. The molecular formula is C18H23NO. The Bertz CT molecular complexity index is 577. The van der Waals surface area contributed by atoms with Gasteiger partial charge in [-0.15, -0.1) is 0 Å². The topological polar surface area (TPSA) is 32.3 Å². The van der Waals surface area contributed by atoms with Crippen molar-refractivity contribution in [2.24, 2.45) is 0 Å². The normalized spacial score (nSPS) is 12.2. The van der Waals surface area contributed by atoms with E-state index in [1.807, 2.05) is 25.1 Å². The van der Waals surface area contributed by atoms with Crippen LogP contribution in [0.4, 0.5) is 5.69 Å². The minimum atomic E-state index is 0.0768. The molecular weight excluding hydrogens is 246 g/mol. The maximum Gasteiger partial charge on any atom is 0.120 e. The van der Waals surface area contributed by atoms with Crippen LogP contribution in [0, 0.1) is 6.92 Å². The van der Waals surface area contributed by atoms with Crippen LogP contribution >= 0.6 is 0 Å². The van der Waals surface area contributed by atoms with Gasteiger partial charge in [0.15, 0.2) is 0 Å². The molecule has 0 radical (unpaired) electrons. The summed E-state index contributed by atoms with van der Waals surface area (Å²) in [5.41, 5.74) is 4.58. The van der Waals surface area contributed by atoms with Gasteiger partial charge in [0, 0.05) is 11.3 Å². The highest BCUT2D eigenvalue weighted by Gasteiger charge is 2.12. The molecule has 0 bridgehead atoms. The molecule has 0 amide bonds. The first kappa shape index (κ1) is 14.4. The van der Waals surface area contributed by atoms with Gasteiger partial charge in [-0.2, -0.15) is 0 Å². The van der Waals surface area contributed by atoms with E-state index in [-0.39, 0.29) is 6.04 Å². The van der Waals surface area contributed by atoms with Gasteiger partial charge < -0.3 is 10.4 Å². The van der Waals surface area contributed by atoms with Crippen LogP contribution in [0.5, 0.6) is 5.75 Å². The molecule has 20 heavy (non-hydrogen) atoms. The molecule has 0 heterocycles. The number of hydrogen-bond acceptors (Lipinski definition) is 2. The SMILES string of the molecule is CCCc1ccccc1NC(C)c1cc(C)ccc1O. The number of phenols is 1. The van der Waals surface area contributed by atoms with Crippen LogP contribution in [0.3, 0.4) is 0 Å². The Balaban J connectivity index is 2.23. The molecule has 0 saturated heterocycles. The summed E-state index contributed by atoms with van der Waals surface area (Å²) >= 11 is 0. The number of aryl methyl sites for hydroxylation is 2. The number of hydrogen-bond donors (Lipinski definition) is 2. The highest BCUT2D eigenvalue weighted by atomic mass is 16.3. The second-order valence-corrected chi connectivity index (χ2v) is 5.34. The zero-order chi connectivity index (χ0) is 14.5. The van der Waals surface area contributed by atoms with E-state index in [1.54, 1.807) is 6.07 Å². The summed E-state index contributed by atoms with van der Waals surface area (Å²) in [6, 6.07) is 14.2. The van der Waals surface area contributed by atoms with E-state index in [0.717, 1.165) is 29.7 Å². The van der Waals surface area contributed by atoms with E-state index in [2.05, 4.69) is 37.4 Å². The Morgan fingerprint density at radius 3 is 2.65 bits per heavy atom. The maximum atomic E-state index is 10.0. The van der Waals surface area contributed by atoms with E-state index < -0.39 is 0 Å². The lowest BCUT2D eigenvalue weighted by Gasteiger charge is -2.19. The maximum absolute atomic E-state index is 10.0. The van der Waals surface area contributed by atoms with Crippen LogP contribution in [0.1, 0.15) is 43.0 Å². The minimum absolute atomic E-state index is 0.0768. The van der Waals surface area contributed by atoms with Gasteiger partial charge in [0.05, 0.1) is 6.04 Å². The minimum Gasteiger partial charge on any atom is -0.508 e. The van der Waals surface area contributed by atoms with Crippen LogP contribution in [-0.4, -0.2) is 5.11 Å². The van der Waals surface area contributed by atoms with Crippen molar-refractivity contribution in [2.45, 2.75) is 39.7 Å². The van der Waals surface area contributed by atoms with E-state index in [9.17, 15) is 5.11 Å². The molecule has 0 saturated carbocycles. The fourth-order valence-electron chi connectivity index (χ4n) is 2.48. The number of phenolic OH excluding ortho intramolecular Hbond substituents is 1. The van der Waals surface area contributed by atoms with Gasteiger partial charge in [-0.25, -0.2) is 0 Å². The molecule has 2 heteroatoms. The molecule has 1 atom stereocenters. The van der Waals surface area contributed by atoms with Crippen LogP contribution in [0.15, 0.2) is 42.5 Å². The second kappa shape index (κ2) is 6.47. The third kappa shape index (κ3) is 3.32. The van der Waals surface area contributed by atoms with Gasteiger partial charge in [0.1, 0.15) is 5.75 Å². The third-order valence-corrected chi connectivity index (χ3v) is 3.56. The van der Waals surface area contributed by atoms with Gasteiger partial charge in [0.25, 0.3) is 0 Å². The molecule has 0 fully saturated rings. The molecule has 0 aromatic heterocycles. The first-order chi connectivity index (χ1) is 9.61. The number of aromatic hydroxyl groups is 1. The highest BCUT2D eigenvalue weighted by Crippen LogP contribution is 2.29. The van der Waals surface area contributed by atoms with Gasteiger partial charge in [-0.1, -0.05) is 49.2 Å². The summed E-state index contributed by atoms with van der Waals surface area (Å²) in [4.78, 5) is 0. The van der Waals surface area contributed by atoms with Crippen molar-refractivity contribution < 1.29 is 5.11 Å². The Morgan fingerprint density at radius 2 is 1.90 bits per heavy atom. The van der Waals surface area contributed by atoms with E-state index >= 15 is 0 Å². The molecule has 2 aromatic carbocycles. The van der Waals surface area contributed by atoms with Crippen molar-refractivity contribution >= 4 is 5.69 Å². The molecule has 2 N–H and O–H groups in total. The third-order valence-electron chi connectivity index (χ3n) is 3.56. The van der Waals surface area contributed by atoms with Gasteiger partial charge >= 0.3 is 0 Å². The Labute approximate surface area is 121 Å². The van der Waals surface area contributed by atoms with Gasteiger partial charge in [-0.3, -0.25) is 0 Å². The van der Waals surface area contributed by atoms with E-state index in [0.29, 0.717) is 5.75 Å². The molecule has 2 nitrogen and oxygen atoms in total. The summed E-state index contributed by atoms with van der Waals surface area (Å²) < 4.78 is 0. The average Bonchev–Trinajstić information content (AvgIpc) is 2.44. The fourth-order valence-corrected chi connectivity index (χ4v) is 2.48. The smallest absolute Gasteiger partial charge is 0.120 e. The van der Waals surface area contributed by atoms with Crippen molar-refractivity contribution in [2.75, 3.05) is 5.32 Å². The van der Waals surface area contributed by atoms with Crippen molar-refractivity contribution in [3.8, 4) is 5.75 Å². The fraction of sp³-hybridized carbons (Fsp3) is 0.333. The number of nitrogens with one attached hydrogen (secondary N) is 1. The average molecular weight is 269 g/mol. The first-order valence-corrected chi connectivity index (χ1v) is 7.25. The molecule has 1 unspecified atom stereocenters. The number of rotatable bonds is 5. The zero-order valence-corrected chi connectivity index (χ0v) is 12.5. The van der Waals surface area contributed by atoms with Crippen LogP contribution in [0.2, 0.25) is 0 Å². The van der Waals surface area contributed by atoms with Crippen molar-refractivity contribution in [1.29, 1.82) is 0 Å². The summed E-state index contributed by atoms with van der Waals surface area (Å²) in [6.07, 6.45) is 2.19. The second-order valence-electron chi connectivity index (χ2n) is 5.34. The van der Waals surface area contributed by atoms with Crippen LogP contribution in [-0.2, 0) is 6.42 Å². The first-order valence-electron chi connectivity index (χ1n) is 7.25. The summed E-state index contributed by atoms with van der Waals surface area (Å²) in [7, 11) is 0. The predicted molar refractivity (Wildman–Crippen MR) is 85.3 cm³/mol. The molecule has 0 spiro atoms. The standard InChI is InChI=1S/C18H23NO/c1-4-7-15-8-5-6-9-17(15)19-14(3)16-12-13(2)10-11-18(16)20/h5-6,8-12,14,19-20H,4,7H2,1-3H3. The molecule has 106 valence electrons. The number of anilines is 1. The van der Waals surface area contributed by atoms with Crippen molar-refractivity contribution in [3.63, 3.8) is 0 Å². The summed E-state index contributed by atoms with van der Waals surface area (Å²) in [5, 5.41) is 13.5. The monoisotopic (exact) mass is 269 g/mol. The molecule has 2 rings (SSSR count). The number of benzene rings is 2. The van der Waals surface area contributed by atoms with E-state index in [1.165, 1.54) is 5.56 Å². The molecule has 2 aromatic rings. The quantitative estimate of drug-likeness (QED) is 0.815. The summed E-state index contributed by atoms with van der Waals surface area (Å²) in [5.74, 6) is 0.351. The predicted octanol–water partition coefficient (Wildman–Crippen LogP) is 4.83. The Kier molecular flexibility index (Phi) is 4.67. The molecule has 0 aliphatic rings. The lowest BCUT2D eigenvalue weighted by atomic mass is 10.0. The zero-order valence-electron chi connectivity index (χ0n) is 12.5. The van der Waals surface area contributed by atoms with Crippen LogP contribution in [0.25, 0.3) is 0 Å². The van der Waals surface area contributed by atoms with Crippen molar-refractivity contribution in [1.82, 2.24) is 0 Å². The van der Waals surface area contributed by atoms with Gasteiger partial charge in [-0.05, 0) is 38.0 Å². The van der Waals surface area contributed by atoms with Crippen LogP contribution < -0.4 is 5.32 Å². The molecule has 0 aliphatic carbocycles. The Hall–Kier alpha value is -1.96. The summed E-state index contributed by atoms with van der Waals surface area (Å²) in [6.45, 7) is 6.31. The lowest BCUT2D eigenvalue weighted by Crippen LogP contribution is -2.09. The Morgan fingerprint density at radius 1 is 1.15 bits per heavy atom. The lowest BCUT2D eigenvalue weighted by molar-refractivity contribution is 0.465. The largest absolute Gasteiger partial charge is 0.508 e. The van der Waals surface area contributed by atoms with E-state index in [4.69, 9.17) is 0 Å². The molecule has 0 aliphatic heterocycles.